The summed E-state index contributed by atoms with van der Waals surface area (Å²) < 4.78 is 5.57. The van der Waals surface area contributed by atoms with E-state index in [1.165, 1.54) is 0 Å². The molecule has 5 nitrogen and oxygen atoms in total. The molecule has 1 aliphatic heterocycles. The maximum Gasteiger partial charge on any atom is 0.410 e. The van der Waals surface area contributed by atoms with Crippen LogP contribution in [0.4, 0.5) is 4.79 Å². The van der Waals surface area contributed by atoms with Crippen molar-refractivity contribution in [2.24, 2.45) is 0 Å². The summed E-state index contributed by atoms with van der Waals surface area (Å²) in [6, 6.07) is 3.90. The molecular formula is C18H23N3O2S. The van der Waals surface area contributed by atoms with E-state index in [0.717, 1.165) is 42.1 Å². The SMILES string of the molecule is CC(C)(C)OC(=O)N1CCCCC1c1csc(-c2cccnc2)n1. The quantitative estimate of drug-likeness (QED) is 0.794. The van der Waals surface area contributed by atoms with E-state index in [1.54, 1.807) is 17.5 Å². The fourth-order valence-corrected chi connectivity index (χ4v) is 3.70. The average molecular weight is 345 g/mol. The molecule has 1 fully saturated rings. The number of pyridine rings is 1. The van der Waals surface area contributed by atoms with Gasteiger partial charge < -0.3 is 4.74 Å². The number of hydrogen-bond donors (Lipinski definition) is 0. The maximum atomic E-state index is 12.5. The first kappa shape index (κ1) is 16.9. The minimum Gasteiger partial charge on any atom is -0.444 e. The van der Waals surface area contributed by atoms with Crippen molar-refractivity contribution in [1.82, 2.24) is 14.9 Å². The Morgan fingerprint density at radius 3 is 2.92 bits per heavy atom. The molecule has 0 bridgehead atoms. The van der Waals surface area contributed by atoms with E-state index in [4.69, 9.17) is 9.72 Å². The summed E-state index contributed by atoms with van der Waals surface area (Å²) in [5.74, 6) is 0. The van der Waals surface area contributed by atoms with Gasteiger partial charge in [-0.25, -0.2) is 9.78 Å². The van der Waals surface area contributed by atoms with Crippen molar-refractivity contribution in [1.29, 1.82) is 0 Å². The predicted molar refractivity (Wildman–Crippen MR) is 94.9 cm³/mol. The van der Waals surface area contributed by atoms with Crippen LogP contribution in [0, 0.1) is 0 Å². The van der Waals surface area contributed by atoms with Gasteiger partial charge >= 0.3 is 6.09 Å². The molecule has 0 aromatic carbocycles. The zero-order valence-corrected chi connectivity index (χ0v) is 15.2. The van der Waals surface area contributed by atoms with Gasteiger partial charge in [-0.15, -0.1) is 11.3 Å². The summed E-state index contributed by atoms with van der Waals surface area (Å²) in [6.07, 6.45) is 6.36. The van der Waals surface area contributed by atoms with Gasteiger partial charge in [0.25, 0.3) is 0 Å². The zero-order chi connectivity index (χ0) is 17.2. The van der Waals surface area contributed by atoms with Crippen LogP contribution in [0.25, 0.3) is 10.6 Å². The number of piperidine rings is 1. The van der Waals surface area contributed by atoms with E-state index < -0.39 is 5.60 Å². The fraction of sp³-hybridized carbons (Fsp3) is 0.500. The normalized spacial score (nSPS) is 18.5. The summed E-state index contributed by atoms with van der Waals surface area (Å²) in [6.45, 7) is 6.41. The number of thiazole rings is 1. The molecule has 1 amide bonds. The van der Waals surface area contributed by atoms with Gasteiger partial charge in [-0.05, 0) is 52.2 Å². The minimum absolute atomic E-state index is 0.00438. The second kappa shape index (κ2) is 6.89. The van der Waals surface area contributed by atoms with Crippen molar-refractivity contribution in [2.75, 3.05) is 6.54 Å². The van der Waals surface area contributed by atoms with Gasteiger partial charge in [-0.2, -0.15) is 0 Å². The largest absolute Gasteiger partial charge is 0.444 e. The van der Waals surface area contributed by atoms with Gasteiger partial charge in [0.2, 0.25) is 0 Å². The molecule has 2 aromatic heterocycles. The molecule has 128 valence electrons. The number of likely N-dealkylation sites (tertiary alicyclic amines) is 1. The Morgan fingerprint density at radius 1 is 1.38 bits per heavy atom. The smallest absolute Gasteiger partial charge is 0.410 e. The second-order valence-electron chi connectivity index (χ2n) is 7.00. The van der Waals surface area contributed by atoms with E-state index in [-0.39, 0.29) is 12.1 Å². The number of carbonyl (C=O) groups excluding carboxylic acids is 1. The molecule has 0 radical (unpaired) electrons. The molecule has 6 heteroatoms. The Labute approximate surface area is 146 Å². The number of aromatic nitrogens is 2. The van der Waals surface area contributed by atoms with Gasteiger partial charge in [0.15, 0.2) is 0 Å². The average Bonchev–Trinajstić information content (AvgIpc) is 3.04. The van der Waals surface area contributed by atoms with Gasteiger partial charge in [0, 0.05) is 29.9 Å². The molecular weight excluding hydrogens is 322 g/mol. The molecule has 0 spiro atoms. The van der Waals surface area contributed by atoms with Crippen molar-refractivity contribution >= 4 is 17.4 Å². The van der Waals surface area contributed by atoms with Crippen LogP contribution in [-0.4, -0.2) is 33.1 Å². The molecule has 1 aliphatic rings. The lowest BCUT2D eigenvalue weighted by atomic mass is 10.0. The molecule has 3 heterocycles. The maximum absolute atomic E-state index is 12.5. The number of carbonyl (C=O) groups is 1. The Bertz CT molecular complexity index is 694. The van der Waals surface area contributed by atoms with E-state index in [0.29, 0.717) is 0 Å². The third-order valence-electron chi connectivity index (χ3n) is 3.90. The van der Waals surface area contributed by atoms with Gasteiger partial charge in [0.05, 0.1) is 11.7 Å². The Hall–Kier alpha value is -1.95. The highest BCUT2D eigenvalue weighted by Crippen LogP contribution is 2.34. The predicted octanol–water partition coefficient (Wildman–Crippen LogP) is 4.67. The molecule has 3 rings (SSSR count). The summed E-state index contributed by atoms with van der Waals surface area (Å²) in [5.41, 5.74) is 1.47. The summed E-state index contributed by atoms with van der Waals surface area (Å²) >= 11 is 1.59. The van der Waals surface area contributed by atoms with Crippen LogP contribution >= 0.6 is 11.3 Å². The lowest BCUT2D eigenvalue weighted by Crippen LogP contribution is -2.42. The highest BCUT2D eigenvalue weighted by atomic mass is 32.1. The molecule has 1 saturated heterocycles. The molecule has 0 saturated carbocycles. The van der Waals surface area contributed by atoms with Crippen molar-refractivity contribution in [3.05, 3.63) is 35.6 Å². The minimum atomic E-state index is -0.484. The molecule has 2 aromatic rings. The van der Waals surface area contributed by atoms with E-state index >= 15 is 0 Å². The first-order valence-electron chi connectivity index (χ1n) is 8.29. The lowest BCUT2D eigenvalue weighted by Gasteiger charge is -2.36. The first-order chi connectivity index (χ1) is 11.4. The van der Waals surface area contributed by atoms with Gasteiger partial charge in [-0.1, -0.05) is 0 Å². The summed E-state index contributed by atoms with van der Waals surface area (Å²) in [4.78, 5) is 23.3. The highest BCUT2D eigenvalue weighted by Gasteiger charge is 2.32. The van der Waals surface area contributed by atoms with Crippen molar-refractivity contribution in [2.45, 2.75) is 51.7 Å². The van der Waals surface area contributed by atoms with E-state index in [1.807, 2.05) is 44.0 Å². The number of nitrogens with zero attached hydrogens (tertiary/aromatic N) is 3. The number of rotatable bonds is 2. The van der Waals surface area contributed by atoms with Crippen LogP contribution < -0.4 is 0 Å². The second-order valence-corrected chi connectivity index (χ2v) is 7.86. The summed E-state index contributed by atoms with van der Waals surface area (Å²) in [7, 11) is 0. The molecule has 1 atom stereocenters. The topological polar surface area (TPSA) is 55.3 Å². The van der Waals surface area contributed by atoms with Crippen molar-refractivity contribution in [3.63, 3.8) is 0 Å². The van der Waals surface area contributed by atoms with Gasteiger partial charge in [0.1, 0.15) is 10.6 Å². The molecule has 0 N–H and O–H groups in total. The number of amides is 1. The Kier molecular flexibility index (Phi) is 4.85. The fourth-order valence-electron chi connectivity index (χ4n) is 2.84. The lowest BCUT2D eigenvalue weighted by molar-refractivity contribution is 0.00908. The molecule has 1 unspecified atom stereocenters. The third kappa shape index (κ3) is 3.93. The van der Waals surface area contributed by atoms with Crippen LogP contribution in [0.5, 0.6) is 0 Å². The molecule has 0 aliphatic carbocycles. The van der Waals surface area contributed by atoms with Crippen LogP contribution in [-0.2, 0) is 4.74 Å². The standard InChI is InChI=1S/C18H23N3O2S/c1-18(2,3)23-17(22)21-10-5-4-8-15(21)14-12-24-16(20-14)13-7-6-9-19-11-13/h6-7,9,11-12,15H,4-5,8,10H2,1-3H3. The number of ether oxygens (including phenoxy) is 1. The molecule has 24 heavy (non-hydrogen) atoms. The van der Waals surface area contributed by atoms with Crippen molar-refractivity contribution in [3.8, 4) is 10.6 Å². The van der Waals surface area contributed by atoms with E-state index in [9.17, 15) is 4.79 Å². The van der Waals surface area contributed by atoms with Gasteiger partial charge in [-0.3, -0.25) is 9.88 Å². The summed E-state index contributed by atoms with van der Waals surface area (Å²) in [5, 5.41) is 2.99. The van der Waals surface area contributed by atoms with Crippen LogP contribution in [0.15, 0.2) is 29.9 Å². The van der Waals surface area contributed by atoms with Crippen molar-refractivity contribution < 1.29 is 9.53 Å². The third-order valence-corrected chi connectivity index (χ3v) is 4.81. The monoisotopic (exact) mass is 345 g/mol. The number of hydrogen-bond acceptors (Lipinski definition) is 5. The first-order valence-corrected chi connectivity index (χ1v) is 9.17. The van der Waals surface area contributed by atoms with Crippen LogP contribution in [0.2, 0.25) is 0 Å². The Balaban J connectivity index is 1.81. The van der Waals surface area contributed by atoms with Crippen LogP contribution in [0.1, 0.15) is 51.8 Å². The zero-order valence-electron chi connectivity index (χ0n) is 14.4. The van der Waals surface area contributed by atoms with E-state index in [2.05, 4.69) is 10.4 Å². The van der Waals surface area contributed by atoms with Crippen LogP contribution in [0.3, 0.4) is 0 Å². The highest BCUT2D eigenvalue weighted by molar-refractivity contribution is 7.13. The Morgan fingerprint density at radius 2 is 2.21 bits per heavy atom.